The Morgan fingerprint density at radius 2 is 1.79 bits per heavy atom. The summed E-state index contributed by atoms with van der Waals surface area (Å²) in [6.45, 7) is 4.29. The lowest BCUT2D eigenvalue weighted by molar-refractivity contribution is -0.115. The molecular formula is C20H21N5O2S. The van der Waals surface area contributed by atoms with E-state index in [0.29, 0.717) is 23.4 Å². The number of amides is 1. The second-order valence-corrected chi connectivity index (χ2v) is 7.13. The normalized spacial score (nSPS) is 10.6. The molecule has 3 rings (SSSR count). The minimum absolute atomic E-state index is 0.000414. The van der Waals surface area contributed by atoms with Gasteiger partial charge in [-0.15, -0.1) is 10.2 Å². The van der Waals surface area contributed by atoms with Gasteiger partial charge in [-0.1, -0.05) is 11.8 Å². The lowest BCUT2D eigenvalue weighted by Gasteiger charge is -2.08. The highest BCUT2D eigenvalue weighted by molar-refractivity contribution is 7.99. The molecule has 144 valence electrons. The van der Waals surface area contributed by atoms with E-state index in [4.69, 9.17) is 0 Å². The number of carbonyl (C=O) groups excluding carboxylic acids is 2. The third-order valence-corrected chi connectivity index (χ3v) is 5.08. The largest absolute Gasteiger partial charge is 0.326 e. The minimum Gasteiger partial charge on any atom is -0.326 e. The number of anilines is 1. The number of thioether (sulfide) groups is 1. The zero-order valence-corrected chi connectivity index (χ0v) is 16.6. The summed E-state index contributed by atoms with van der Waals surface area (Å²) in [6, 6.07) is 10.7. The van der Waals surface area contributed by atoms with Gasteiger partial charge in [0.25, 0.3) is 0 Å². The molecule has 2 aromatic heterocycles. The van der Waals surface area contributed by atoms with Crippen LogP contribution in [-0.4, -0.2) is 37.2 Å². The molecule has 0 spiro atoms. The number of Topliss-reactive ketones (excluding diaryl/α,β-unsaturated/α-hetero) is 1. The van der Waals surface area contributed by atoms with Crippen molar-refractivity contribution in [3.05, 3.63) is 54.4 Å². The number of hydrogen-bond acceptors (Lipinski definition) is 6. The fraction of sp³-hybridized carbons (Fsp3) is 0.250. The van der Waals surface area contributed by atoms with Crippen LogP contribution in [-0.2, 0) is 11.3 Å². The molecule has 0 bridgehead atoms. The monoisotopic (exact) mass is 395 g/mol. The molecule has 7 nitrogen and oxygen atoms in total. The van der Waals surface area contributed by atoms with Crippen molar-refractivity contribution in [2.45, 2.75) is 32.0 Å². The molecule has 28 heavy (non-hydrogen) atoms. The first kappa shape index (κ1) is 19.8. The second kappa shape index (κ2) is 9.27. The smallest absolute Gasteiger partial charge is 0.225 e. The summed E-state index contributed by atoms with van der Waals surface area (Å²) in [5.74, 6) is 1.30. The highest BCUT2D eigenvalue weighted by Gasteiger charge is 2.13. The van der Waals surface area contributed by atoms with Crippen molar-refractivity contribution < 1.29 is 9.59 Å². The van der Waals surface area contributed by atoms with Gasteiger partial charge in [-0.05, 0) is 50.2 Å². The van der Waals surface area contributed by atoms with Crippen LogP contribution >= 0.6 is 11.8 Å². The number of carbonyl (C=O) groups is 2. The molecule has 0 aliphatic rings. The topological polar surface area (TPSA) is 89.8 Å². The highest BCUT2D eigenvalue weighted by atomic mass is 32.2. The molecule has 0 radical (unpaired) electrons. The molecular weight excluding hydrogens is 374 g/mol. The van der Waals surface area contributed by atoms with Gasteiger partial charge in [0.15, 0.2) is 16.8 Å². The first-order chi connectivity index (χ1) is 13.6. The Balaban J connectivity index is 1.55. The zero-order chi connectivity index (χ0) is 19.9. The van der Waals surface area contributed by atoms with E-state index in [1.807, 2.05) is 23.6 Å². The Hall–Kier alpha value is -3.00. The van der Waals surface area contributed by atoms with Gasteiger partial charge in [0.1, 0.15) is 0 Å². The maximum absolute atomic E-state index is 12.2. The fourth-order valence-corrected chi connectivity index (χ4v) is 3.58. The van der Waals surface area contributed by atoms with Crippen LogP contribution in [0.4, 0.5) is 5.69 Å². The molecule has 2 heterocycles. The summed E-state index contributed by atoms with van der Waals surface area (Å²) >= 11 is 1.50. The quantitative estimate of drug-likeness (QED) is 0.462. The highest BCUT2D eigenvalue weighted by Crippen LogP contribution is 2.24. The van der Waals surface area contributed by atoms with E-state index < -0.39 is 0 Å². The molecule has 0 fully saturated rings. The van der Waals surface area contributed by atoms with Crippen LogP contribution in [0.1, 0.15) is 30.6 Å². The first-order valence-corrected chi connectivity index (χ1v) is 9.94. The molecule has 0 atom stereocenters. The third kappa shape index (κ3) is 4.83. The summed E-state index contributed by atoms with van der Waals surface area (Å²) in [5, 5.41) is 12.2. The van der Waals surface area contributed by atoms with Crippen LogP contribution in [0.15, 0.2) is 53.9 Å². The van der Waals surface area contributed by atoms with Crippen LogP contribution in [0, 0.1) is 0 Å². The van der Waals surface area contributed by atoms with Gasteiger partial charge in [-0.2, -0.15) is 0 Å². The van der Waals surface area contributed by atoms with Gasteiger partial charge < -0.3 is 9.88 Å². The Kier molecular flexibility index (Phi) is 6.54. The summed E-state index contributed by atoms with van der Waals surface area (Å²) in [6.07, 6.45) is 3.80. The molecule has 3 aromatic rings. The van der Waals surface area contributed by atoms with Crippen LogP contribution in [0.5, 0.6) is 0 Å². The molecule has 0 saturated carbocycles. The van der Waals surface area contributed by atoms with Crippen molar-refractivity contribution >= 4 is 29.1 Å². The Morgan fingerprint density at radius 3 is 2.43 bits per heavy atom. The van der Waals surface area contributed by atoms with Crippen molar-refractivity contribution in [1.29, 1.82) is 0 Å². The molecule has 1 amide bonds. The van der Waals surface area contributed by atoms with E-state index in [0.717, 1.165) is 23.1 Å². The predicted molar refractivity (Wildman–Crippen MR) is 109 cm³/mol. The molecule has 0 saturated heterocycles. The molecule has 1 N–H and O–H groups in total. The minimum atomic E-state index is -0.0833. The van der Waals surface area contributed by atoms with E-state index in [1.54, 1.807) is 36.7 Å². The molecule has 0 unspecified atom stereocenters. The maximum atomic E-state index is 12.2. The lowest BCUT2D eigenvalue weighted by Crippen LogP contribution is -2.12. The van der Waals surface area contributed by atoms with Gasteiger partial charge in [0, 0.05) is 47.9 Å². The standard InChI is InChI=1S/C20H21N5O2S/c1-3-25-19(16-8-11-21-12-9-16)23-24-20(25)28-13-10-18(27)22-17-6-4-15(5-7-17)14(2)26/h4-9,11-12H,3,10,13H2,1-2H3,(H,22,27). The van der Waals surface area contributed by atoms with Crippen LogP contribution in [0.3, 0.4) is 0 Å². The summed E-state index contributed by atoms with van der Waals surface area (Å²) in [4.78, 5) is 27.5. The fourth-order valence-electron chi connectivity index (χ4n) is 2.64. The van der Waals surface area contributed by atoms with E-state index in [1.165, 1.54) is 18.7 Å². The lowest BCUT2D eigenvalue weighted by atomic mass is 10.1. The van der Waals surface area contributed by atoms with Crippen molar-refractivity contribution in [2.75, 3.05) is 11.1 Å². The van der Waals surface area contributed by atoms with E-state index in [-0.39, 0.29) is 11.7 Å². The third-order valence-electron chi connectivity index (χ3n) is 4.11. The van der Waals surface area contributed by atoms with Gasteiger partial charge in [-0.25, -0.2) is 0 Å². The van der Waals surface area contributed by atoms with Crippen molar-refractivity contribution in [2.24, 2.45) is 0 Å². The Bertz CT molecular complexity index is 954. The molecule has 0 aliphatic carbocycles. The number of pyridine rings is 1. The number of nitrogens with one attached hydrogen (secondary N) is 1. The zero-order valence-electron chi connectivity index (χ0n) is 15.8. The number of ketones is 1. The number of benzene rings is 1. The average molecular weight is 395 g/mol. The van der Waals surface area contributed by atoms with E-state index in [2.05, 4.69) is 20.5 Å². The molecule has 8 heteroatoms. The Morgan fingerprint density at radius 1 is 1.07 bits per heavy atom. The first-order valence-electron chi connectivity index (χ1n) is 8.95. The van der Waals surface area contributed by atoms with Crippen molar-refractivity contribution in [1.82, 2.24) is 19.7 Å². The summed E-state index contributed by atoms with van der Waals surface area (Å²) < 4.78 is 2.03. The number of nitrogens with zero attached hydrogens (tertiary/aromatic N) is 4. The molecule has 1 aromatic carbocycles. The predicted octanol–water partition coefficient (Wildman–Crippen LogP) is 3.68. The summed E-state index contributed by atoms with van der Waals surface area (Å²) in [5.41, 5.74) is 2.26. The van der Waals surface area contributed by atoms with Crippen LogP contribution < -0.4 is 5.32 Å². The van der Waals surface area contributed by atoms with Crippen molar-refractivity contribution in [3.8, 4) is 11.4 Å². The maximum Gasteiger partial charge on any atom is 0.225 e. The van der Waals surface area contributed by atoms with Crippen LogP contribution in [0.2, 0.25) is 0 Å². The second-order valence-electron chi connectivity index (χ2n) is 6.07. The molecule has 0 aliphatic heterocycles. The average Bonchev–Trinajstić information content (AvgIpc) is 3.12. The van der Waals surface area contributed by atoms with Gasteiger partial charge in [0.2, 0.25) is 5.91 Å². The Labute approximate surface area is 167 Å². The van der Waals surface area contributed by atoms with Crippen LogP contribution in [0.25, 0.3) is 11.4 Å². The van der Waals surface area contributed by atoms with Crippen molar-refractivity contribution in [3.63, 3.8) is 0 Å². The number of rotatable bonds is 8. The van der Waals surface area contributed by atoms with E-state index >= 15 is 0 Å². The van der Waals surface area contributed by atoms with E-state index in [9.17, 15) is 9.59 Å². The summed E-state index contributed by atoms with van der Waals surface area (Å²) in [7, 11) is 0. The van der Waals surface area contributed by atoms with Gasteiger partial charge >= 0.3 is 0 Å². The SMILES string of the molecule is CCn1c(SCCC(=O)Nc2ccc(C(C)=O)cc2)nnc1-c1ccncc1. The number of hydrogen-bond donors (Lipinski definition) is 1. The van der Waals surface area contributed by atoms with Gasteiger partial charge in [0.05, 0.1) is 0 Å². The number of aromatic nitrogens is 4. The van der Waals surface area contributed by atoms with Gasteiger partial charge in [-0.3, -0.25) is 14.6 Å².